The van der Waals surface area contributed by atoms with Gasteiger partial charge in [0, 0.05) is 13.0 Å². The van der Waals surface area contributed by atoms with E-state index in [2.05, 4.69) is 10.3 Å². The lowest BCUT2D eigenvalue weighted by Gasteiger charge is -2.10. The minimum atomic E-state index is -0.765. The largest absolute Gasteiger partial charge is 0.388 e. The molecule has 0 radical (unpaired) electrons. The predicted octanol–water partition coefficient (Wildman–Crippen LogP) is 3.08. The van der Waals surface area contributed by atoms with Crippen LogP contribution in [-0.2, 0) is 11.2 Å². The topological polar surface area (TPSA) is 62.2 Å². The molecule has 118 valence electrons. The molecule has 4 nitrogen and oxygen atoms in total. The lowest BCUT2D eigenvalue weighted by atomic mass is 10.1. The Balaban J connectivity index is 1.47. The van der Waals surface area contributed by atoms with Crippen molar-refractivity contribution in [1.29, 1.82) is 0 Å². The standard InChI is InChI=1S/C18H18N2O2S/c21-15(13-6-2-1-3-7-13)12-17(22)19-11-10-18-20-14-8-4-5-9-16(14)23-18/h1-9,15,21H,10-12H2,(H,19,22). The van der Waals surface area contributed by atoms with Gasteiger partial charge in [0.1, 0.15) is 0 Å². The number of hydrogen-bond donors (Lipinski definition) is 2. The van der Waals surface area contributed by atoms with Gasteiger partial charge in [-0.1, -0.05) is 42.5 Å². The monoisotopic (exact) mass is 326 g/mol. The number of carbonyl (C=O) groups is 1. The number of nitrogens with zero attached hydrogens (tertiary/aromatic N) is 1. The minimum Gasteiger partial charge on any atom is -0.388 e. The van der Waals surface area contributed by atoms with Crippen LogP contribution in [0.5, 0.6) is 0 Å². The molecular formula is C18H18N2O2S. The quantitative estimate of drug-likeness (QED) is 0.732. The number of carbonyl (C=O) groups excluding carboxylic acids is 1. The van der Waals surface area contributed by atoms with Crippen LogP contribution in [0.25, 0.3) is 10.2 Å². The van der Waals surface area contributed by atoms with Crippen LogP contribution in [0.15, 0.2) is 54.6 Å². The third-order valence-corrected chi connectivity index (χ3v) is 4.66. The number of aliphatic hydroxyl groups excluding tert-OH is 1. The first-order valence-electron chi connectivity index (χ1n) is 7.56. The smallest absolute Gasteiger partial charge is 0.222 e. The van der Waals surface area contributed by atoms with E-state index in [1.807, 2.05) is 54.6 Å². The molecule has 0 aliphatic heterocycles. The molecule has 1 unspecified atom stereocenters. The van der Waals surface area contributed by atoms with Gasteiger partial charge >= 0.3 is 0 Å². The molecular weight excluding hydrogens is 308 g/mol. The maximum Gasteiger partial charge on any atom is 0.222 e. The van der Waals surface area contributed by atoms with Gasteiger partial charge in [0.15, 0.2) is 0 Å². The first-order chi connectivity index (χ1) is 11.2. The third kappa shape index (κ3) is 4.15. The fraction of sp³-hybridized carbons (Fsp3) is 0.222. The van der Waals surface area contributed by atoms with Crippen LogP contribution in [0.1, 0.15) is 23.1 Å². The Bertz CT molecular complexity index is 753. The number of hydrogen-bond acceptors (Lipinski definition) is 4. The highest BCUT2D eigenvalue weighted by molar-refractivity contribution is 7.18. The van der Waals surface area contributed by atoms with Crippen LogP contribution in [0.3, 0.4) is 0 Å². The van der Waals surface area contributed by atoms with E-state index < -0.39 is 6.10 Å². The first-order valence-corrected chi connectivity index (χ1v) is 8.38. The van der Waals surface area contributed by atoms with E-state index in [1.165, 1.54) is 0 Å². The van der Waals surface area contributed by atoms with Gasteiger partial charge in [0.25, 0.3) is 0 Å². The summed E-state index contributed by atoms with van der Waals surface area (Å²) >= 11 is 1.65. The van der Waals surface area contributed by atoms with Crippen molar-refractivity contribution in [2.75, 3.05) is 6.54 Å². The van der Waals surface area contributed by atoms with Gasteiger partial charge in [-0.3, -0.25) is 4.79 Å². The Kier molecular flexibility index (Phi) is 5.00. The van der Waals surface area contributed by atoms with Crippen molar-refractivity contribution in [3.05, 3.63) is 65.2 Å². The molecule has 0 aliphatic carbocycles. The zero-order valence-corrected chi connectivity index (χ0v) is 13.4. The molecule has 2 aromatic carbocycles. The summed E-state index contributed by atoms with van der Waals surface area (Å²) in [4.78, 5) is 16.4. The summed E-state index contributed by atoms with van der Waals surface area (Å²) in [5.41, 5.74) is 1.76. The second kappa shape index (κ2) is 7.35. The van der Waals surface area contributed by atoms with Crippen molar-refractivity contribution in [3.63, 3.8) is 0 Å². The summed E-state index contributed by atoms with van der Waals surface area (Å²) in [6.07, 6.45) is 0.00905. The van der Waals surface area contributed by atoms with Crippen molar-refractivity contribution in [3.8, 4) is 0 Å². The molecule has 23 heavy (non-hydrogen) atoms. The maximum atomic E-state index is 11.9. The lowest BCUT2D eigenvalue weighted by molar-refractivity contribution is -0.123. The fourth-order valence-electron chi connectivity index (χ4n) is 2.38. The van der Waals surface area contributed by atoms with Gasteiger partial charge in [0.05, 0.1) is 27.7 Å². The maximum absolute atomic E-state index is 11.9. The second-order valence-electron chi connectivity index (χ2n) is 5.31. The lowest BCUT2D eigenvalue weighted by Crippen LogP contribution is -2.27. The van der Waals surface area contributed by atoms with Crippen LogP contribution < -0.4 is 5.32 Å². The Hall–Kier alpha value is -2.24. The number of amides is 1. The molecule has 3 rings (SSSR count). The molecule has 1 amide bonds. The van der Waals surface area contributed by atoms with Gasteiger partial charge in [0.2, 0.25) is 5.91 Å². The van der Waals surface area contributed by atoms with Crippen LogP contribution >= 0.6 is 11.3 Å². The number of thiazole rings is 1. The van der Waals surface area contributed by atoms with E-state index in [-0.39, 0.29) is 12.3 Å². The third-order valence-electron chi connectivity index (χ3n) is 3.56. The van der Waals surface area contributed by atoms with Gasteiger partial charge < -0.3 is 10.4 Å². The highest BCUT2D eigenvalue weighted by Crippen LogP contribution is 2.21. The number of nitrogens with one attached hydrogen (secondary N) is 1. The van der Waals surface area contributed by atoms with E-state index >= 15 is 0 Å². The van der Waals surface area contributed by atoms with Crippen molar-refractivity contribution >= 4 is 27.5 Å². The summed E-state index contributed by atoms with van der Waals surface area (Å²) in [6.45, 7) is 0.528. The molecule has 2 N–H and O–H groups in total. The summed E-state index contributed by atoms with van der Waals surface area (Å²) in [7, 11) is 0. The molecule has 1 aromatic heterocycles. The first kappa shape index (κ1) is 15.6. The van der Waals surface area contributed by atoms with Crippen LogP contribution in [-0.4, -0.2) is 22.5 Å². The molecule has 5 heteroatoms. The van der Waals surface area contributed by atoms with Gasteiger partial charge in [-0.05, 0) is 17.7 Å². The van der Waals surface area contributed by atoms with Crippen molar-refractivity contribution in [2.45, 2.75) is 18.9 Å². The average molecular weight is 326 g/mol. The zero-order valence-electron chi connectivity index (χ0n) is 12.6. The zero-order chi connectivity index (χ0) is 16.1. The van der Waals surface area contributed by atoms with E-state index in [4.69, 9.17) is 0 Å². The minimum absolute atomic E-state index is 0.0733. The molecule has 0 fully saturated rings. The normalized spacial score (nSPS) is 12.2. The fourth-order valence-corrected chi connectivity index (χ4v) is 3.34. The number of para-hydroxylation sites is 1. The van der Waals surface area contributed by atoms with E-state index in [1.54, 1.807) is 11.3 Å². The summed E-state index contributed by atoms with van der Waals surface area (Å²) < 4.78 is 1.16. The number of fused-ring (bicyclic) bond motifs is 1. The Labute approximate surface area is 138 Å². The molecule has 1 atom stereocenters. The summed E-state index contributed by atoms with van der Waals surface area (Å²) in [5.74, 6) is -0.150. The molecule has 3 aromatic rings. The van der Waals surface area contributed by atoms with Gasteiger partial charge in [-0.2, -0.15) is 0 Å². The van der Waals surface area contributed by atoms with E-state index in [0.717, 1.165) is 20.8 Å². The van der Waals surface area contributed by atoms with Crippen LogP contribution in [0.4, 0.5) is 0 Å². The number of aliphatic hydroxyl groups is 1. The van der Waals surface area contributed by atoms with Crippen molar-refractivity contribution in [2.24, 2.45) is 0 Å². The van der Waals surface area contributed by atoms with Gasteiger partial charge in [-0.15, -0.1) is 11.3 Å². The number of aromatic nitrogens is 1. The van der Waals surface area contributed by atoms with Crippen LogP contribution in [0.2, 0.25) is 0 Å². The molecule has 0 saturated carbocycles. The van der Waals surface area contributed by atoms with Gasteiger partial charge in [-0.25, -0.2) is 4.98 Å². The van der Waals surface area contributed by atoms with Crippen LogP contribution in [0, 0.1) is 0 Å². The Morgan fingerprint density at radius 3 is 2.65 bits per heavy atom. The second-order valence-corrected chi connectivity index (χ2v) is 6.42. The number of benzene rings is 2. The molecule has 0 spiro atoms. The Morgan fingerprint density at radius 1 is 1.13 bits per heavy atom. The van der Waals surface area contributed by atoms with Crippen molar-refractivity contribution in [1.82, 2.24) is 10.3 Å². The predicted molar refractivity (Wildman–Crippen MR) is 92.4 cm³/mol. The molecule has 1 heterocycles. The average Bonchev–Trinajstić information content (AvgIpc) is 2.98. The molecule has 0 saturated heterocycles. The SMILES string of the molecule is O=C(CC(O)c1ccccc1)NCCc1nc2ccccc2s1. The van der Waals surface area contributed by atoms with E-state index in [0.29, 0.717) is 13.0 Å². The molecule has 0 aliphatic rings. The highest BCUT2D eigenvalue weighted by Gasteiger charge is 2.12. The van der Waals surface area contributed by atoms with Crippen molar-refractivity contribution < 1.29 is 9.90 Å². The summed E-state index contributed by atoms with van der Waals surface area (Å²) in [6, 6.07) is 17.2. The number of rotatable bonds is 6. The molecule has 0 bridgehead atoms. The Morgan fingerprint density at radius 2 is 1.87 bits per heavy atom. The van der Waals surface area contributed by atoms with E-state index in [9.17, 15) is 9.90 Å². The summed E-state index contributed by atoms with van der Waals surface area (Å²) in [5, 5.41) is 13.9. The highest BCUT2D eigenvalue weighted by atomic mass is 32.1.